The number of rotatable bonds is 6. The maximum atomic E-state index is 14.1. The predicted octanol–water partition coefficient (Wildman–Crippen LogP) is 4.71. The minimum atomic E-state index is -0.250. The number of nitrogens with two attached hydrogens (primary N) is 1. The fourth-order valence-corrected chi connectivity index (χ4v) is 8.92. The van der Waals surface area contributed by atoms with Crippen LogP contribution in [0.5, 0.6) is 0 Å². The summed E-state index contributed by atoms with van der Waals surface area (Å²) in [5, 5.41) is 5.82. The molecule has 5 aliphatic carbocycles. The van der Waals surface area contributed by atoms with Crippen LogP contribution in [0.25, 0.3) is 0 Å². The molecule has 8 rings (SSSR count). The van der Waals surface area contributed by atoms with Crippen LogP contribution in [0.2, 0.25) is 0 Å². The van der Waals surface area contributed by atoms with E-state index in [1.807, 2.05) is 0 Å². The Morgan fingerprint density at radius 1 is 0.917 bits per heavy atom. The Kier molecular flexibility index (Phi) is 5.36. The number of nitrogens with one attached hydrogen (secondary N) is 1. The van der Waals surface area contributed by atoms with Gasteiger partial charge in [-0.2, -0.15) is 5.06 Å². The number of amides is 1. The summed E-state index contributed by atoms with van der Waals surface area (Å²) in [6.45, 7) is 1.64. The molecule has 36 heavy (non-hydrogen) atoms. The molecule has 190 valence electrons. The van der Waals surface area contributed by atoms with Gasteiger partial charge >= 0.3 is 0 Å². The van der Waals surface area contributed by atoms with Crippen LogP contribution in [0.1, 0.15) is 68.9 Å². The Morgan fingerprint density at radius 3 is 2.22 bits per heavy atom. The molecule has 2 aromatic rings. The number of nitrogens with zero attached hydrogens (tertiary/aromatic N) is 1. The second kappa shape index (κ2) is 8.41. The zero-order chi connectivity index (χ0) is 24.4. The van der Waals surface area contributed by atoms with Crippen LogP contribution < -0.4 is 11.1 Å². The first-order chi connectivity index (χ1) is 17.5. The number of hydrogen-bond acceptors (Lipinski definition) is 4. The van der Waals surface area contributed by atoms with E-state index in [1.54, 1.807) is 0 Å². The van der Waals surface area contributed by atoms with Gasteiger partial charge in [0, 0.05) is 18.6 Å². The van der Waals surface area contributed by atoms with E-state index in [9.17, 15) is 4.79 Å². The molecule has 3 N–H and O–H groups in total. The van der Waals surface area contributed by atoms with Gasteiger partial charge in [0.1, 0.15) is 0 Å². The summed E-state index contributed by atoms with van der Waals surface area (Å²) < 4.78 is 0. The lowest BCUT2D eigenvalue weighted by molar-refractivity contribution is -0.185. The summed E-state index contributed by atoms with van der Waals surface area (Å²) >= 11 is 0. The van der Waals surface area contributed by atoms with Crippen molar-refractivity contribution in [3.05, 3.63) is 71.8 Å². The van der Waals surface area contributed by atoms with E-state index in [2.05, 4.69) is 71.0 Å². The molecule has 1 saturated heterocycles. The van der Waals surface area contributed by atoms with E-state index in [0.29, 0.717) is 36.4 Å². The van der Waals surface area contributed by atoms with Crippen LogP contribution >= 0.6 is 0 Å². The molecule has 1 spiro atoms. The van der Waals surface area contributed by atoms with Gasteiger partial charge in [0.25, 0.3) is 0 Å². The van der Waals surface area contributed by atoms with Crippen LogP contribution in [-0.2, 0) is 21.7 Å². The first-order valence-electron chi connectivity index (χ1n) is 14.1. The van der Waals surface area contributed by atoms with Crippen LogP contribution in [0, 0.1) is 17.3 Å². The van der Waals surface area contributed by atoms with Gasteiger partial charge in [-0.3, -0.25) is 9.63 Å². The molecular weight excluding hydrogens is 446 g/mol. The van der Waals surface area contributed by atoms with Crippen molar-refractivity contribution >= 4 is 5.91 Å². The Bertz CT molecular complexity index is 1100. The normalized spacial score (nSPS) is 42.4. The van der Waals surface area contributed by atoms with E-state index < -0.39 is 0 Å². The third-order valence-electron chi connectivity index (χ3n) is 10.6. The molecule has 4 bridgehead atoms. The number of hydroxylamine groups is 2. The second-order valence-corrected chi connectivity index (χ2v) is 12.7. The standard InChI is InChI=1S/C31H39N3O2/c32-26-11-13-27(14-12-26)33-28(35)30-17-24-15-29(20-30,23-9-5-2-6-10-23)16-25(18-30)31(24)21-34(31)36-19-22-7-3-1-4-8-22/h1-10,24-27H,11-21,32H2,(H,33,35). The van der Waals surface area contributed by atoms with Gasteiger partial charge in [0.2, 0.25) is 5.91 Å². The van der Waals surface area contributed by atoms with E-state index in [4.69, 9.17) is 10.6 Å². The van der Waals surface area contributed by atoms with Crippen molar-refractivity contribution in [2.75, 3.05) is 6.54 Å². The lowest BCUT2D eigenvalue weighted by Crippen LogP contribution is -2.66. The molecule has 5 saturated carbocycles. The second-order valence-electron chi connectivity index (χ2n) is 12.7. The van der Waals surface area contributed by atoms with Crippen molar-refractivity contribution in [1.29, 1.82) is 0 Å². The quantitative estimate of drug-likeness (QED) is 0.582. The topological polar surface area (TPSA) is 67.4 Å². The van der Waals surface area contributed by atoms with Gasteiger partial charge in [-0.05, 0) is 86.2 Å². The van der Waals surface area contributed by atoms with Crippen molar-refractivity contribution in [1.82, 2.24) is 10.4 Å². The molecule has 6 aliphatic rings. The van der Waals surface area contributed by atoms with Gasteiger partial charge in [-0.25, -0.2) is 0 Å². The van der Waals surface area contributed by atoms with Gasteiger partial charge in [0.05, 0.1) is 17.6 Å². The predicted molar refractivity (Wildman–Crippen MR) is 140 cm³/mol. The van der Waals surface area contributed by atoms with E-state index in [-0.39, 0.29) is 16.4 Å². The zero-order valence-electron chi connectivity index (χ0n) is 21.2. The van der Waals surface area contributed by atoms with E-state index >= 15 is 0 Å². The van der Waals surface area contributed by atoms with Gasteiger partial charge < -0.3 is 11.1 Å². The molecule has 0 aromatic heterocycles. The summed E-state index contributed by atoms with van der Waals surface area (Å²) in [5.41, 5.74) is 8.77. The fourth-order valence-electron chi connectivity index (χ4n) is 8.92. The number of benzene rings is 2. The first-order valence-corrected chi connectivity index (χ1v) is 14.1. The van der Waals surface area contributed by atoms with Gasteiger partial charge in [-0.15, -0.1) is 0 Å². The summed E-state index contributed by atoms with van der Waals surface area (Å²) in [6.07, 6.45) is 9.42. The molecule has 5 heteroatoms. The highest BCUT2D eigenvalue weighted by molar-refractivity contribution is 5.84. The molecule has 5 nitrogen and oxygen atoms in total. The Hall–Kier alpha value is -2.21. The minimum absolute atomic E-state index is 0.109. The van der Waals surface area contributed by atoms with Gasteiger partial charge in [0.15, 0.2) is 0 Å². The smallest absolute Gasteiger partial charge is 0.226 e. The van der Waals surface area contributed by atoms with Crippen LogP contribution in [0.3, 0.4) is 0 Å². The molecule has 3 atom stereocenters. The molecule has 0 radical (unpaired) electrons. The third-order valence-corrected chi connectivity index (χ3v) is 10.6. The molecule has 3 unspecified atom stereocenters. The molecule has 1 heterocycles. The van der Waals surface area contributed by atoms with Crippen molar-refractivity contribution < 1.29 is 9.63 Å². The largest absolute Gasteiger partial charge is 0.353 e. The minimum Gasteiger partial charge on any atom is -0.353 e. The average Bonchev–Trinajstić information content (AvgIpc) is 3.63. The first kappa shape index (κ1) is 22.9. The van der Waals surface area contributed by atoms with Crippen LogP contribution in [0.15, 0.2) is 60.7 Å². The number of hydrogen-bond donors (Lipinski definition) is 2. The van der Waals surface area contributed by atoms with Crippen molar-refractivity contribution in [3.8, 4) is 0 Å². The Morgan fingerprint density at radius 2 is 1.56 bits per heavy atom. The van der Waals surface area contributed by atoms with Crippen molar-refractivity contribution in [2.45, 2.75) is 87.4 Å². The fraction of sp³-hybridized carbons (Fsp3) is 0.581. The van der Waals surface area contributed by atoms with Crippen LogP contribution in [0.4, 0.5) is 0 Å². The van der Waals surface area contributed by atoms with Gasteiger partial charge in [-0.1, -0.05) is 60.7 Å². The summed E-state index contributed by atoms with van der Waals surface area (Å²) in [7, 11) is 0. The van der Waals surface area contributed by atoms with Crippen molar-refractivity contribution in [2.24, 2.45) is 23.0 Å². The molecule has 1 aliphatic heterocycles. The zero-order valence-corrected chi connectivity index (χ0v) is 21.2. The highest BCUT2D eigenvalue weighted by Gasteiger charge is 2.76. The maximum absolute atomic E-state index is 14.1. The molecule has 2 aromatic carbocycles. The SMILES string of the molecule is NC1CCC(NC(=O)C23CC4CC(c5ccccc5)(CC(C2)C42CN2OCc2ccccc2)C3)CC1. The number of carbonyl (C=O) groups is 1. The summed E-state index contributed by atoms with van der Waals surface area (Å²) in [4.78, 5) is 20.5. The Balaban J connectivity index is 1.15. The summed E-state index contributed by atoms with van der Waals surface area (Å²) in [6, 6.07) is 22.1. The average molecular weight is 486 g/mol. The number of carbonyl (C=O) groups excluding carboxylic acids is 1. The summed E-state index contributed by atoms with van der Waals surface area (Å²) in [5.74, 6) is 1.32. The lowest BCUT2D eigenvalue weighted by atomic mass is 9.39. The molecule has 6 fully saturated rings. The Labute approximate surface area is 214 Å². The molecule has 1 amide bonds. The van der Waals surface area contributed by atoms with E-state index in [1.165, 1.54) is 24.0 Å². The maximum Gasteiger partial charge on any atom is 0.226 e. The van der Waals surface area contributed by atoms with Crippen LogP contribution in [-0.4, -0.2) is 35.1 Å². The highest BCUT2D eigenvalue weighted by atomic mass is 16.7. The van der Waals surface area contributed by atoms with Crippen molar-refractivity contribution in [3.63, 3.8) is 0 Å². The lowest BCUT2D eigenvalue weighted by Gasteiger charge is -2.64. The highest BCUT2D eigenvalue weighted by Crippen LogP contribution is 2.73. The third kappa shape index (κ3) is 3.58. The van der Waals surface area contributed by atoms with E-state index in [0.717, 1.165) is 51.5 Å². The monoisotopic (exact) mass is 485 g/mol. The molecular formula is C31H39N3O2.